The highest BCUT2D eigenvalue weighted by Crippen LogP contribution is 2.18. The zero-order valence-electron chi connectivity index (χ0n) is 14.6. The first-order valence-corrected chi connectivity index (χ1v) is 9.21. The zero-order valence-corrected chi connectivity index (χ0v) is 15.4. The monoisotopic (exact) mass is 381 g/mol. The summed E-state index contributed by atoms with van der Waals surface area (Å²) in [6.07, 6.45) is 0. The number of benzene rings is 1. The normalized spacial score (nSPS) is 11.2. The highest BCUT2D eigenvalue weighted by atomic mass is 32.2. The van der Waals surface area contributed by atoms with Crippen LogP contribution in [0.4, 0.5) is 0 Å². The van der Waals surface area contributed by atoms with Crippen LogP contribution in [0.15, 0.2) is 39.6 Å². The highest BCUT2D eigenvalue weighted by molar-refractivity contribution is 7.89. The summed E-state index contributed by atoms with van der Waals surface area (Å²) < 4.78 is 41.4. The molecule has 0 unspecified atom stereocenters. The number of methoxy groups -OCH3 is 1. The van der Waals surface area contributed by atoms with Crippen molar-refractivity contribution in [2.75, 3.05) is 13.7 Å². The number of nitrogens with one attached hydrogen (secondary N) is 1. The van der Waals surface area contributed by atoms with Gasteiger partial charge in [0, 0.05) is 6.54 Å². The molecule has 1 aromatic heterocycles. The summed E-state index contributed by atoms with van der Waals surface area (Å²) in [4.78, 5) is 23.7. The average Bonchev–Trinajstić information content (AvgIpc) is 3.00. The van der Waals surface area contributed by atoms with Crippen LogP contribution in [0.2, 0.25) is 0 Å². The van der Waals surface area contributed by atoms with Gasteiger partial charge in [0.05, 0.1) is 17.6 Å². The molecule has 26 heavy (non-hydrogen) atoms. The smallest absolute Gasteiger partial charge is 0.341 e. The maximum absolute atomic E-state index is 12.2. The fraction of sp³-hybridized carbons (Fsp3) is 0.294. The number of esters is 2. The zero-order chi connectivity index (χ0) is 19.3. The van der Waals surface area contributed by atoms with Crippen molar-refractivity contribution < 1.29 is 31.9 Å². The predicted molar refractivity (Wildman–Crippen MR) is 91.2 cm³/mol. The van der Waals surface area contributed by atoms with Gasteiger partial charge in [0.25, 0.3) is 0 Å². The number of carbonyl (C=O) groups is 2. The lowest BCUT2D eigenvalue weighted by atomic mass is 10.2. The summed E-state index contributed by atoms with van der Waals surface area (Å²) >= 11 is 0. The van der Waals surface area contributed by atoms with Gasteiger partial charge in [-0.2, -0.15) is 0 Å². The number of aryl methyl sites for hydroxylation is 1. The summed E-state index contributed by atoms with van der Waals surface area (Å²) in [6.45, 7) is 3.27. The van der Waals surface area contributed by atoms with E-state index < -0.39 is 22.0 Å². The third-order valence-corrected chi connectivity index (χ3v) is 4.98. The Labute approximate surface area is 151 Å². The molecule has 8 nitrogen and oxygen atoms in total. The van der Waals surface area contributed by atoms with Crippen molar-refractivity contribution in [1.82, 2.24) is 4.72 Å². The fourth-order valence-electron chi connectivity index (χ4n) is 2.21. The van der Waals surface area contributed by atoms with Crippen LogP contribution in [0, 0.1) is 6.92 Å². The first-order chi connectivity index (χ1) is 12.3. The SMILES string of the molecule is CCNS(=O)(=O)c1cccc(C(=O)OCc2cc(C(=O)OC)c(C)o2)c1. The molecule has 2 aromatic rings. The van der Waals surface area contributed by atoms with Crippen LogP contribution in [-0.4, -0.2) is 34.0 Å². The Morgan fingerprint density at radius 3 is 2.58 bits per heavy atom. The van der Waals surface area contributed by atoms with Crippen LogP contribution in [0.25, 0.3) is 0 Å². The molecule has 1 heterocycles. The van der Waals surface area contributed by atoms with E-state index >= 15 is 0 Å². The van der Waals surface area contributed by atoms with Crippen LogP contribution < -0.4 is 4.72 Å². The molecule has 0 saturated carbocycles. The number of hydrogen-bond acceptors (Lipinski definition) is 7. The first-order valence-electron chi connectivity index (χ1n) is 7.73. The molecule has 0 bridgehead atoms. The number of rotatable bonds is 7. The molecule has 0 aliphatic rings. The molecule has 0 spiro atoms. The molecule has 0 saturated heterocycles. The van der Waals surface area contributed by atoms with Crippen LogP contribution in [-0.2, 0) is 26.1 Å². The maximum atomic E-state index is 12.2. The summed E-state index contributed by atoms with van der Waals surface area (Å²) in [5.41, 5.74) is 0.331. The van der Waals surface area contributed by atoms with E-state index in [4.69, 9.17) is 9.15 Å². The minimum absolute atomic E-state index is 0.0318. The Hall–Kier alpha value is -2.65. The molecule has 0 fully saturated rings. The molecular formula is C17H19NO7S. The maximum Gasteiger partial charge on any atom is 0.341 e. The Morgan fingerprint density at radius 2 is 1.92 bits per heavy atom. The van der Waals surface area contributed by atoms with Crippen LogP contribution in [0.5, 0.6) is 0 Å². The Bertz CT molecular complexity index is 915. The van der Waals surface area contributed by atoms with Crippen molar-refractivity contribution in [2.45, 2.75) is 25.3 Å². The molecule has 0 aliphatic heterocycles. The van der Waals surface area contributed by atoms with E-state index in [2.05, 4.69) is 9.46 Å². The van der Waals surface area contributed by atoms with Gasteiger partial charge in [-0.15, -0.1) is 0 Å². The van der Waals surface area contributed by atoms with E-state index in [1.165, 1.54) is 37.4 Å². The molecule has 0 atom stereocenters. The van der Waals surface area contributed by atoms with Gasteiger partial charge in [-0.3, -0.25) is 0 Å². The van der Waals surface area contributed by atoms with Crippen LogP contribution in [0.3, 0.4) is 0 Å². The van der Waals surface area contributed by atoms with E-state index in [1.807, 2.05) is 0 Å². The predicted octanol–water partition coefficient (Wildman–Crippen LogP) is 2.03. The summed E-state index contributed by atoms with van der Waals surface area (Å²) in [7, 11) is -2.42. The fourth-order valence-corrected chi connectivity index (χ4v) is 3.30. The lowest BCUT2D eigenvalue weighted by molar-refractivity contribution is 0.0443. The molecule has 1 N–H and O–H groups in total. The number of carbonyl (C=O) groups excluding carboxylic acids is 2. The van der Waals surface area contributed by atoms with Gasteiger partial charge in [-0.05, 0) is 31.2 Å². The van der Waals surface area contributed by atoms with E-state index in [1.54, 1.807) is 13.8 Å². The summed E-state index contributed by atoms with van der Waals surface area (Å²) in [6, 6.07) is 6.94. The topological polar surface area (TPSA) is 112 Å². The van der Waals surface area contributed by atoms with E-state index in [-0.39, 0.29) is 34.9 Å². The van der Waals surface area contributed by atoms with Crippen molar-refractivity contribution in [3.8, 4) is 0 Å². The van der Waals surface area contributed by atoms with Gasteiger partial charge in [0.15, 0.2) is 0 Å². The third kappa shape index (κ3) is 4.50. The number of ether oxygens (including phenoxy) is 2. The Balaban J connectivity index is 2.10. The van der Waals surface area contributed by atoms with E-state index in [0.717, 1.165) is 0 Å². The summed E-state index contributed by atoms with van der Waals surface area (Å²) in [5.74, 6) is -0.647. The van der Waals surface area contributed by atoms with Crippen LogP contribution >= 0.6 is 0 Å². The second kappa shape index (κ2) is 8.15. The number of hydrogen-bond donors (Lipinski definition) is 1. The van der Waals surface area contributed by atoms with Crippen molar-refractivity contribution in [3.05, 3.63) is 53.0 Å². The molecule has 0 aliphatic carbocycles. The average molecular weight is 381 g/mol. The lowest BCUT2D eigenvalue weighted by Gasteiger charge is -2.07. The second-order valence-electron chi connectivity index (χ2n) is 5.28. The minimum atomic E-state index is -3.68. The van der Waals surface area contributed by atoms with Crippen molar-refractivity contribution in [2.24, 2.45) is 0 Å². The lowest BCUT2D eigenvalue weighted by Crippen LogP contribution is -2.23. The molecular weight excluding hydrogens is 362 g/mol. The Morgan fingerprint density at radius 1 is 1.19 bits per heavy atom. The van der Waals surface area contributed by atoms with Gasteiger partial charge in [0.2, 0.25) is 10.0 Å². The number of furan rings is 1. The first kappa shape index (κ1) is 19.7. The van der Waals surface area contributed by atoms with Gasteiger partial charge in [-0.1, -0.05) is 13.0 Å². The third-order valence-electron chi connectivity index (χ3n) is 3.43. The molecule has 140 valence electrons. The minimum Gasteiger partial charge on any atom is -0.465 e. The number of sulfonamides is 1. The largest absolute Gasteiger partial charge is 0.465 e. The second-order valence-corrected chi connectivity index (χ2v) is 7.05. The standard InChI is InChI=1S/C17H19NO7S/c1-4-18-26(21,22)14-7-5-6-12(8-14)16(19)24-10-13-9-15(11(2)25-13)17(20)23-3/h5-9,18H,4,10H2,1-3H3. The van der Waals surface area contributed by atoms with Crippen molar-refractivity contribution in [3.63, 3.8) is 0 Å². The van der Waals surface area contributed by atoms with Crippen molar-refractivity contribution in [1.29, 1.82) is 0 Å². The van der Waals surface area contributed by atoms with Gasteiger partial charge >= 0.3 is 11.9 Å². The Kier molecular flexibility index (Phi) is 6.17. The van der Waals surface area contributed by atoms with Gasteiger partial charge in [-0.25, -0.2) is 22.7 Å². The summed E-state index contributed by atoms with van der Waals surface area (Å²) in [5, 5.41) is 0. The van der Waals surface area contributed by atoms with Crippen molar-refractivity contribution >= 4 is 22.0 Å². The van der Waals surface area contributed by atoms with Crippen LogP contribution in [0.1, 0.15) is 39.2 Å². The molecule has 2 rings (SSSR count). The van der Waals surface area contributed by atoms with E-state index in [9.17, 15) is 18.0 Å². The van der Waals surface area contributed by atoms with E-state index in [0.29, 0.717) is 5.76 Å². The molecule has 0 radical (unpaired) electrons. The van der Waals surface area contributed by atoms with Gasteiger partial charge < -0.3 is 13.9 Å². The molecule has 0 amide bonds. The molecule has 9 heteroatoms. The highest BCUT2D eigenvalue weighted by Gasteiger charge is 2.18. The van der Waals surface area contributed by atoms with Gasteiger partial charge in [0.1, 0.15) is 23.7 Å². The molecule has 1 aromatic carbocycles. The quantitative estimate of drug-likeness (QED) is 0.730.